The molecule has 0 aromatic heterocycles. The van der Waals surface area contributed by atoms with Crippen LogP contribution in [0.4, 0.5) is 0 Å². The highest BCUT2D eigenvalue weighted by molar-refractivity contribution is 7.89. The Morgan fingerprint density at radius 2 is 1.62 bits per heavy atom. The van der Waals surface area contributed by atoms with Gasteiger partial charge < -0.3 is 14.8 Å². The van der Waals surface area contributed by atoms with Crippen molar-refractivity contribution in [3.8, 4) is 22.6 Å². The largest absolute Gasteiger partial charge is 0.493 e. The van der Waals surface area contributed by atoms with Crippen LogP contribution in [0.1, 0.15) is 12.5 Å². The van der Waals surface area contributed by atoms with Crippen LogP contribution in [-0.2, 0) is 16.6 Å². The van der Waals surface area contributed by atoms with E-state index in [2.05, 4.69) is 10.0 Å². The van der Waals surface area contributed by atoms with E-state index in [1.807, 2.05) is 42.5 Å². The molecule has 26 heavy (non-hydrogen) atoms. The zero-order chi connectivity index (χ0) is 19.0. The third kappa shape index (κ3) is 5.45. The average Bonchev–Trinajstić information content (AvgIpc) is 2.67. The van der Waals surface area contributed by atoms with Crippen LogP contribution in [0.5, 0.6) is 11.5 Å². The van der Waals surface area contributed by atoms with E-state index in [1.165, 1.54) is 0 Å². The molecule has 2 N–H and O–H groups in total. The molecule has 0 aliphatic heterocycles. The second-order valence-electron chi connectivity index (χ2n) is 5.70. The van der Waals surface area contributed by atoms with Crippen LogP contribution in [0.15, 0.2) is 42.5 Å². The first-order chi connectivity index (χ1) is 12.5. The third-order valence-corrected chi connectivity index (χ3v) is 5.42. The second kappa shape index (κ2) is 9.56. The standard InChI is InChI=1S/C19H26N2O4S/c1-4-26(22,23)21-11-10-20-14-16-12-18(24-2)19(25-3)13-17(16)15-8-6-5-7-9-15/h5-9,12-13,20-21H,4,10-11,14H2,1-3H3. The van der Waals surface area contributed by atoms with Gasteiger partial charge in [0.05, 0.1) is 20.0 Å². The Balaban J connectivity index is 2.15. The van der Waals surface area contributed by atoms with Crippen LogP contribution >= 0.6 is 0 Å². The number of methoxy groups -OCH3 is 2. The van der Waals surface area contributed by atoms with Gasteiger partial charge in [0.2, 0.25) is 10.0 Å². The number of sulfonamides is 1. The molecule has 0 saturated carbocycles. The minimum absolute atomic E-state index is 0.0842. The van der Waals surface area contributed by atoms with Crippen molar-refractivity contribution in [1.82, 2.24) is 10.0 Å². The smallest absolute Gasteiger partial charge is 0.211 e. The molecular formula is C19H26N2O4S. The SMILES string of the molecule is CCS(=O)(=O)NCCNCc1cc(OC)c(OC)cc1-c1ccccc1. The van der Waals surface area contributed by atoms with E-state index in [9.17, 15) is 8.42 Å². The molecule has 0 spiro atoms. The number of ether oxygens (including phenoxy) is 2. The summed E-state index contributed by atoms with van der Waals surface area (Å²) < 4.78 is 36.3. The van der Waals surface area contributed by atoms with E-state index in [1.54, 1.807) is 21.1 Å². The first kappa shape index (κ1) is 20.2. The Morgan fingerprint density at radius 1 is 0.962 bits per heavy atom. The first-order valence-corrected chi connectivity index (χ1v) is 10.1. The molecule has 0 atom stereocenters. The summed E-state index contributed by atoms with van der Waals surface area (Å²) >= 11 is 0. The zero-order valence-corrected chi connectivity index (χ0v) is 16.2. The van der Waals surface area contributed by atoms with Crippen LogP contribution in [-0.4, -0.2) is 41.5 Å². The van der Waals surface area contributed by atoms with E-state index in [0.717, 1.165) is 16.7 Å². The van der Waals surface area contributed by atoms with Crippen molar-refractivity contribution in [3.63, 3.8) is 0 Å². The van der Waals surface area contributed by atoms with E-state index in [4.69, 9.17) is 9.47 Å². The molecule has 0 amide bonds. The highest BCUT2D eigenvalue weighted by Gasteiger charge is 2.12. The lowest BCUT2D eigenvalue weighted by molar-refractivity contribution is 0.354. The molecule has 0 aliphatic carbocycles. The zero-order valence-electron chi connectivity index (χ0n) is 15.4. The number of hydrogen-bond acceptors (Lipinski definition) is 5. The highest BCUT2D eigenvalue weighted by atomic mass is 32.2. The van der Waals surface area contributed by atoms with Gasteiger partial charge in [0, 0.05) is 19.6 Å². The van der Waals surface area contributed by atoms with Crippen molar-refractivity contribution < 1.29 is 17.9 Å². The maximum atomic E-state index is 11.5. The van der Waals surface area contributed by atoms with Gasteiger partial charge in [0.1, 0.15) is 0 Å². The van der Waals surface area contributed by atoms with Gasteiger partial charge in [0.25, 0.3) is 0 Å². The van der Waals surface area contributed by atoms with Crippen LogP contribution in [0.25, 0.3) is 11.1 Å². The molecule has 0 heterocycles. The van der Waals surface area contributed by atoms with E-state index >= 15 is 0 Å². The Morgan fingerprint density at radius 3 is 2.23 bits per heavy atom. The number of benzene rings is 2. The summed E-state index contributed by atoms with van der Waals surface area (Å²) in [5.74, 6) is 1.42. The molecule has 2 aromatic carbocycles. The minimum Gasteiger partial charge on any atom is -0.493 e. The fourth-order valence-corrected chi connectivity index (χ4v) is 3.19. The van der Waals surface area contributed by atoms with E-state index in [-0.39, 0.29) is 5.75 Å². The molecule has 0 unspecified atom stereocenters. The van der Waals surface area contributed by atoms with Gasteiger partial charge in [-0.15, -0.1) is 0 Å². The molecular weight excluding hydrogens is 352 g/mol. The maximum Gasteiger partial charge on any atom is 0.211 e. The average molecular weight is 378 g/mol. The fraction of sp³-hybridized carbons (Fsp3) is 0.368. The van der Waals surface area contributed by atoms with Crippen molar-refractivity contribution in [2.24, 2.45) is 0 Å². The van der Waals surface area contributed by atoms with Crippen molar-refractivity contribution in [2.45, 2.75) is 13.5 Å². The molecule has 0 bridgehead atoms. The molecule has 0 fully saturated rings. The van der Waals surface area contributed by atoms with Gasteiger partial charge in [-0.3, -0.25) is 0 Å². The molecule has 0 aliphatic rings. The number of hydrogen-bond donors (Lipinski definition) is 2. The molecule has 6 nitrogen and oxygen atoms in total. The Hall–Kier alpha value is -2.09. The van der Waals surface area contributed by atoms with Gasteiger partial charge in [-0.25, -0.2) is 13.1 Å². The Kier molecular flexibility index (Phi) is 7.44. The van der Waals surface area contributed by atoms with Crippen LogP contribution in [0.3, 0.4) is 0 Å². The summed E-state index contributed by atoms with van der Waals surface area (Å²) in [5, 5.41) is 3.27. The molecule has 2 aromatic rings. The molecule has 0 radical (unpaired) electrons. The van der Waals surface area contributed by atoms with E-state index in [0.29, 0.717) is 31.1 Å². The van der Waals surface area contributed by atoms with Gasteiger partial charge >= 0.3 is 0 Å². The normalized spacial score (nSPS) is 11.3. The quantitative estimate of drug-likeness (QED) is 0.621. The molecule has 2 rings (SSSR count). The van der Waals surface area contributed by atoms with E-state index < -0.39 is 10.0 Å². The van der Waals surface area contributed by atoms with Gasteiger partial charge in [0.15, 0.2) is 11.5 Å². The number of rotatable bonds is 10. The highest BCUT2D eigenvalue weighted by Crippen LogP contribution is 2.35. The summed E-state index contributed by atoms with van der Waals surface area (Å²) in [4.78, 5) is 0. The molecule has 142 valence electrons. The Labute approximate surface area is 155 Å². The van der Waals surface area contributed by atoms with Crippen molar-refractivity contribution in [1.29, 1.82) is 0 Å². The lowest BCUT2D eigenvalue weighted by Crippen LogP contribution is -2.32. The van der Waals surface area contributed by atoms with Crippen LogP contribution in [0, 0.1) is 0 Å². The summed E-state index contributed by atoms with van der Waals surface area (Å²) in [7, 11) is 0.0614. The van der Waals surface area contributed by atoms with Gasteiger partial charge in [-0.1, -0.05) is 30.3 Å². The predicted octanol–water partition coefficient (Wildman–Crippen LogP) is 2.40. The first-order valence-electron chi connectivity index (χ1n) is 8.49. The third-order valence-electron chi connectivity index (χ3n) is 4.01. The van der Waals surface area contributed by atoms with Gasteiger partial charge in [-0.05, 0) is 35.7 Å². The van der Waals surface area contributed by atoms with Crippen molar-refractivity contribution in [2.75, 3.05) is 33.1 Å². The summed E-state index contributed by atoms with van der Waals surface area (Å²) in [6.45, 7) is 3.08. The van der Waals surface area contributed by atoms with Crippen molar-refractivity contribution in [3.05, 3.63) is 48.0 Å². The predicted molar refractivity (Wildman–Crippen MR) is 104 cm³/mol. The van der Waals surface area contributed by atoms with Crippen LogP contribution in [0.2, 0.25) is 0 Å². The maximum absolute atomic E-state index is 11.5. The Bertz CT molecular complexity index is 808. The lowest BCUT2D eigenvalue weighted by atomic mass is 9.98. The van der Waals surface area contributed by atoms with Crippen LogP contribution < -0.4 is 19.5 Å². The summed E-state index contributed by atoms with van der Waals surface area (Å²) in [6.07, 6.45) is 0. The second-order valence-corrected chi connectivity index (χ2v) is 7.80. The molecule has 0 saturated heterocycles. The lowest BCUT2D eigenvalue weighted by Gasteiger charge is -2.16. The molecule has 7 heteroatoms. The monoisotopic (exact) mass is 378 g/mol. The minimum atomic E-state index is -3.16. The topological polar surface area (TPSA) is 76.7 Å². The number of nitrogens with one attached hydrogen (secondary N) is 2. The summed E-state index contributed by atoms with van der Waals surface area (Å²) in [5.41, 5.74) is 3.18. The van der Waals surface area contributed by atoms with Gasteiger partial charge in [-0.2, -0.15) is 0 Å². The summed E-state index contributed by atoms with van der Waals surface area (Å²) in [6, 6.07) is 13.9. The van der Waals surface area contributed by atoms with Crippen molar-refractivity contribution >= 4 is 10.0 Å². The fourth-order valence-electron chi connectivity index (χ4n) is 2.57.